The number of nitriles is 1. The number of anilines is 1. The van der Waals surface area contributed by atoms with Crippen molar-refractivity contribution in [2.24, 2.45) is 0 Å². The van der Waals surface area contributed by atoms with E-state index >= 15 is 0 Å². The van der Waals surface area contributed by atoms with Crippen molar-refractivity contribution >= 4 is 21.6 Å². The first-order valence-corrected chi connectivity index (χ1v) is 11.2. The highest BCUT2D eigenvalue weighted by Crippen LogP contribution is 2.20. The van der Waals surface area contributed by atoms with Crippen LogP contribution in [-0.2, 0) is 10.0 Å². The van der Waals surface area contributed by atoms with Gasteiger partial charge in [0.2, 0.25) is 10.0 Å². The molecule has 30 heavy (non-hydrogen) atoms. The SMILES string of the molecule is CCNS(=O)(=O)c1ccc(F)c(C(=O)N2CCCN(c3ccc(C#N)cc3)CC2)c1. The fourth-order valence-electron chi connectivity index (χ4n) is 3.40. The van der Waals surface area contributed by atoms with E-state index in [1.54, 1.807) is 24.0 Å². The summed E-state index contributed by atoms with van der Waals surface area (Å²) in [6.45, 7) is 3.92. The molecule has 0 atom stereocenters. The summed E-state index contributed by atoms with van der Waals surface area (Å²) >= 11 is 0. The van der Waals surface area contributed by atoms with E-state index in [-0.39, 0.29) is 17.0 Å². The van der Waals surface area contributed by atoms with E-state index in [2.05, 4.69) is 15.7 Å². The van der Waals surface area contributed by atoms with Gasteiger partial charge in [-0.2, -0.15) is 5.26 Å². The lowest BCUT2D eigenvalue weighted by molar-refractivity contribution is 0.0762. The average Bonchev–Trinajstić information content (AvgIpc) is 3.00. The van der Waals surface area contributed by atoms with Gasteiger partial charge in [-0.25, -0.2) is 17.5 Å². The van der Waals surface area contributed by atoms with E-state index in [9.17, 15) is 17.6 Å². The highest BCUT2D eigenvalue weighted by atomic mass is 32.2. The number of carbonyl (C=O) groups excluding carboxylic acids is 1. The molecule has 2 aromatic rings. The molecule has 1 aliphatic heterocycles. The van der Waals surface area contributed by atoms with Crippen LogP contribution in [0.5, 0.6) is 0 Å². The first-order chi connectivity index (χ1) is 14.4. The molecule has 158 valence electrons. The van der Waals surface area contributed by atoms with E-state index in [0.29, 0.717) is 38.2 Å². The number of halogens is 1. The zero-order valence-electron chi connectivity index (χ0n) is 16.6. The second-order valence-corrected chi connectivity index (χ2v) is 8.70. The molecule has 0 aromatic heterocycles. The number of amides is 1. The van der Waals surface area contributed by atoms with Crippen molar-refractivity contribution in [1.29, 1.82) is 5.26 Å². The van der Waals surface area contributed by atoms with Gasteiger partial charge in [0.15, 0.2) is 0 Å². The Morgan fingerprint density at radius 2 is 1.87 bits per heavy atom. The summed E-state index contributed by atoms with van der Waals surface area (Å²) in [7, 11) is -3.79. The molecule has 9 heteroatoms. The molecule has 1 amide bonds. The maximum Gasteiger partial charge on any atom is 0.256 e. The Morgan fingerprint density at radius 3 is 2.53 bits per heavy atom. The van der Waals surface area contributed by atoms with Gasteiger partial charge in [0.05, 0.1) is 22.1 Å². The zero-order valence-corrected chi connectivity index (χ0v) is 17.5. The van der Waals surface area contributed by atoms with E-state index in [1.165, 1.54) is 0 Å². The van der Waals surface area contributed by atoms with E-state index in [0.717, 1.165) is 23.9 Å². The number of hydrogen-bond donors (Lipinski definition) is 1. The summed E-state index contributed by atoms with van der Waals surface area (Å²) in [4.78, 5) is 16.5. The summed E-state index contributed by atoms with van der Waals surface area (Å²) < 4.78 is 41.1. The minimum Gasteiger partial charge on any atom is -0.370 e. The quantitative estimate of drug-likeness (QED) is 0.786. The summed E-state index contributed by atoms with van der Waals surface area (Å²) in [6.07, 6.45) is 0.683. The maximum absolute atomic E-state index is 14.4. The normalized spacial score (nSPS) is 14.8. The third kappa shape index (κ3) is 4.78. The van der Waals surface area contributed by atoms with Crippen LogP contribution in [0.2, 0.25) is 0 Å². The second-order valence-electron chi connectivity index (χ2n) is 6.93. The van der Waals surface area contributed by atoms with Crippen LogP contribution in [0.3, 0.4) is 0 Å². The Hall–Kier alpha value is -2.96. The van der Waals surface area contributed by atoms with E-state index in [4.69, 9.17) is 5.26 Å². The lowest BCUT2D eigenvalue weighted by Crippen LogP contribution is -2.36. The maximum atomic E-state index is 14.4. The Kier molecular flexibility index (Phi) is 6.70. The van der Waals surface area contributed by atoms with Gasteiger partial charge in [0.25, 0.3) is 5.91 Å². The molecule has 2 aromatic carbocycles. The number of nitrogens with one attached hydrogen (secondary N) is 1. The van der Waals surface area contributed by atoms with Gasteiger partial charge in [-0.15, -0.1) is 0 Å². The Balaban J connectivity index is 1.77. The summed E-state index contributed by atoms with van der Waals surface area (Å²) in [5, 5.41) is 8.93. The third-order valence-electron chi connectivity index (χ3n) is 4.96. The van der Waals surface area contributed by atoms with Crippen LogP contribution in [0.4, 0.5) is 10.1 Å². The van der Waals surface area contributed by atoms with Crippen molar-refractivity contribution in [2.75, 3.05) is 37.6 Å². The molecule has 1 N–H and O–H groups in total. The minimum atomic E-state index is -3.79. The van der Waals surface area contributed by atoms with Gasteiger partial charge >= 0.3 is 0 Å². The third-order valence-corrected chi connectivity index (χ3v) is 6.50. The summed E-state index contributed by atoms with van der Waals surface area (Å²) in [5.74, 6) is -1.27. The summed E-state index contributed by atoms with van der Waals surface area (Å²) in [6, 6.07) is 12.6. The molecule has 0 aliphatic carbocycles. The molecule has 3 rings (SSSR count). The molecule has 0 radical (unpaired) electrons. The minimum absolute atomic E-state index is 0.136. The first kappa shape index (κ1) is 21.7. The molecule has 1 fully saturated rings. The summed E-state index contributed by atoms with van der Waals surface area (Å²) in [5.41, 5.74) is 1.28. The van der Waals surface area contributed by atoms with Gasteiger partial charge in [-0.1, -0.05) is 6.92 Å². The molecular formula is C21H23FN4O3S. The van der Waals surface area contributed by atoms with Gasteiger partial charge in [-0.3, -0.25) is 4.79 Å². The van der Waals surface area contributed by atoms with Gasteiger partial charge in [0, 0.05) is 38.4 Å². The van der Waals surface area contributed by atoms with Crippen LogP contribution in [-0.4, -0.2) is 51.9 Å². The van der Waals surface area contributed by atoms with E-state index in [1.807, 2.05) is 12.1 Å². The van der Waals surface area contributed by atoms with Gasteiger partial charge in [-0.05, 0) is 48.9 Å². The predicted molar refractivity (Wildman–Crippen MR) is 111 cm³/mol. The van der Waals surface area contributed by atoms with Gasteiger partial charge in [0.1, 0.15) is 5.82 Å². The molecule has 1 heterocycles. The van der Waals surface area contributed by atoms with Crippen molar-refractivity contribution in [1.82, 2.24) is 9.62 Å². The largest absolute Gasteiger partial charge is 0.370 e. The average molecular weight is 431 g/mol. The van der Waals surface area contributed by atoms with Crippen LogP contribution in [0.15, 0.2) is 47.4 Å². The smallest absolute Gasteiger partial charge is 0.256 e. The lowest BCUT2D eigenvalue weighted by atomic mass is 10.2. The van der Waals surface area contributed by atoms with Crippen LogP contribution in [0.1, 0.15) is 29.3 Å². The van der Waals surface area contributed by atoms with Crippen LogP contribution in [0, 0.1) is 17.1 Å². The first-order valence-electron chi connectivity index (χ1n) is 9.69. The van der Waals surface area contributed by atoms with Gasteiger partial charge < -0.3 is 9.80 Å². The fourth-order valence-corrected chi connectivity index (χ4v) is 4.47. The molecule has 0 unspecified atom stereocenters. The number of carbonyl (C=O) groups is 1. The molecule has 7 nitrogen and oxygen atoms in total. The predicted octanol–water partition coefficient (Wildman–Crippen LogP) is 2.35. The van der Waals surface area contributed by atoms with Crippen molar-refractivity contribution in [3.63, 3.8) is 0 Å². The standard InChI is InChI=1S/C21H23FN4O3S/c1-2-24-30(28,29)18-8-9-20(22)19(14-18)21(27)26-11-3-10-25(12-13-26)17-6-4-16(15-23)5-7-17/h4-9,14,24H,2-3,10-13H2,1H3. The Labute approximate surface area is 175 Å². The highest BCUT2D eigenvalue weighted by molar-refractivity contribution is 7.89. The fraction of sp³-hybridized carbons (Fsp3) is 0.333. The molecule has 0 spiro atoms. The molecule has 0 bridgehead atoms. The topological polar surface area (TPSA) is 93.5 Å². The monoisotopic (exact) mass is 430 g/mol. The molecule has 1 aliphatic rings. The Bertz CT molecular complexity index is 1060. The number of sulfonamides is 1. The number of nitrogens with zero attached hydrogens (tertiary/aromatic N) is 3. The van der Waals surface area contributed by atoms with E-state index < -0.39 is 21.7 Å². The number of hydrogen-bond acceptors (Lipinski definition) is 5. The van der Waals surface area contributed by atoms with Crippen molar-refractivity contribution in [3.05, 3.63) is 59.4 Å². The van der Waals surface area contributed by atoms with Crippen molar-refractivity contribution < 1.29 is 17.6 Å². The number of benzene rings is 2. The Morgan fingerprint density at radius 1 is 1.13 bits per heavy atom. The highest BCUT2D eigenvalue weighted by Gasteiger charge is 2.25. The second kappa shape index (κ2) is 9.24. The van der Waals surface area contributed by atoms with Crippen LogP contribution in [0.25, 0.3) is 0 Å². The molecule has 0 saturated carbocycles. The molecule has 1 saturated heterocycles. The van der Waals surface area contributed by atoms with Crippen molar-refractivity contribution in [3.8, 4) is 6.07 Å². The van der Waals surface area contributed by atoms with Crippen LogP contribution >= 0.6 is 0 Å². The van der Waals surface area contributed by atoms with Crippen molar-refractivity contribution in [2.45, 2.75) is 18.2 Å². The number of rotatable bonds is 5. The van der Waals surface area contributed by atoms with Crippen LogP contribution < -0.4 is 9.62 Å². The zero-order chi connectivity index (χ0) is 21.7. The lowest BCUT2D eigenvalue weighted by Gasteiger charge is -2.24. The molecular weight excluding hydrogens is 407 g/mol.